The third-order valence-electron chi connectivity index (χ3n) is 6.06. The van der Waals surface area contributed by atoms with E-state index in [0.717, 1.165) is 24.9 Å². The molecule has 1 heterocycles. The molecule has 1 aliphatic carbocycles. The van der Waals surface area contributed by atoms with Gasteiger partial charge in [0.15, 0.2) is 14.6 Å². The molecule has 2 aromatic carbocycles. The van der Waals surface area contributed by atoms with E-state index in [1.807, 2.05) is 30.3 Å². The fourth-order valence-corrected chi connectivity index (χ4v) is 6.76. The van der Waals surface area contributed by atoms with Gasteiger partial charge in [0.2, 0.25) is 5.91 Å². The first kappa shape index (κ1) is 20.2. The molecule has 0 aromatic heterocycles. The molecule has 1 amide bonds. The first-order valence-corrected chi connectivity index (χ1v) is 11.9. The maximum absolute atomic E-state index is 13.5. The highest BCUT2D eigenvalue weighted by atomic mass is 35.5. The Morgan fingerprint density at radius 1 is 1.03 bits per heavy atom. The van der Waals surface area contributed by atoms with Crippen LogP contribution in [0.5, 0.6) is 0 Å². The molecule has 2 aliphatic rings. The standard InChI is InChI=1S/C22H25ClN2O3S/c23-17-8-10-20(11-9-17)29(27,28)22(13-4-5-14-22)21(26)25-15-12-19(16-25)24-18-6-2-1-3-7-18/h1-3,6-11,19,24H,4-5,12-16H2. The van der Waals surface area contributed by atoms with Gasteiger partial charge in [0.05, 0.1) is 4.90 Å². The second-order valence-electron chi connectivity index (χ2n) is 7.91. The Bertz CT molecular complexity index is 971. The number of amides is 1. The van der Waals surface area contributed by atoms with Crippen LogP contribution in [0.3, 0.4) is 0 Å². The van der Waals surface area contributed by atoms with Crippen LogP contribution in [0.4, 0.5) is 5.69 Å². The highest BCUT2D eigenvalue weighted by molar-refractivity contribution is 7.93. The highest BCUT2D eigenvalue weighted by Gasteiger charge is 2.55. The number of carbonyl (C=O) groups excluding carboxylic acids is 1. The number of carbonyl (C=O) groups is 1. The SMILES string of the molecule is O=C(N1CCC(Nc2ccccc2)C1)C1(S(=O)(=O)c2ccc(Cl)cc2)CCCC1. The molecule has 2 fully saturated rings. The lowest BCUT2D eigenvalue weighted by Gasteiger charge is -2.32. The van der Waals surface area contributed by atoms with Crippen molar-refractivity contribution in [1.29, 1.82) is 0 Å². The maximum atomic E-state index is 13.5. The number of halogens is 1. The first-order chi connectivity index (χ1) is 13.9. The number of para-hydroxylation sites is 1. The number of rotatable bonds is 5. The van der Waals surface area contributed by atoms with Crippen LogP contribution in [0, 0.1) is 0 Å². The van der Waals surface area contributed by atoms with E-state index in [1.54, 1.807) is 17.0 Å². The molecule has 1 unspecified atom stereocenters. The zero-order valence-electron chi connectivity index (χ0n) is 16.2. The molecule has 0 radical (unpaired) electrons. The Balaban J connectivity index is 1.56. The fraction of sp³-hybridized carbons (Fsp3) is 0.409. The first-order valence-electron chi connectivity index (χ1n) is 10.0. The van der Waals surface area contributed by atoms with Crippen molar-refractivity contribution in [3.8, 4) is 0 Å². The molecule has 1 saturated heterocycles. The van der Waals surface area contributed by atoms with Gasteiger partial charge in [-0.1, -0.05) is 42.6 Å². The smallest absolute Gasteiger partial charge is 0.244 e. The van der Waals surface area contributed by atoms with Gasteiger partial charge in [0.25, 0.3) is 0 Å². The largest absolute Gasteiger partial charge is 0.380 e. The van der Waals surface area contributed by atoms with E-state index in [4.69, 9.17) is 11.6 Å². The number of hydrogen-bond donors (Lipinski definition) is 1. The van der Waals surface area contributed by atoms with Gasteiger partial charge in [0.1, 0.15) is 0 Å². The van der Waals surface area contributed by atoms with Crippen molar-refractivity contribution in [2.24, 2.45) is 0 Å². The van der Waals surface area contributed by atoms with Crippen LogP contribution in [-0.2, 0) is 14.6 Å². The number of hydrogen-bond acceptors (Lipinski definition) is 4. The summed E-state index contributed by atoms with van der Waals surface area (Å²) in [6.07, 6.45) is 3.06. The molecule has 1 N–H and O–H groups in total. The van der Waals surface area contributed by atoms with E-state index in [9.17, 15) is 13.2 Å². The Labute approximate surface area is 177 Å². The quantitative estimate of drug-likeness (QED) is 0.771. The molecular formula is C22H25ClN2O3S. The Hall–Kier alpha value is -2.05. The minimum absolute atomic E-state index is 0.123. The Morgan fingerprint density at radius 3 is 2.34 bits per heavy atom. The van der Waals surface area contributed by atoms with Crippen molar-refractivity contribution >= 4 is 33.0 Å². The number of benzene rings is 2. The van der Waals surface area contributed by atoms with E-state index < -0.39 is 14.6 Å². The zero-order chi connectivity index (χ0) is 20.5. The van der Waals surface area contributed by atoms with Crippen LogP contribution in [0.1, 0.15) is 32.1 Å². The second-order valence-corrected chi connectivity index (χ2v) is 10.6. The summed E-state index contributed by atoms with van der Waals surface area (Å²) in [6, 6.07) is 16.2. The predicted octanol–water partition coefficient (Wildman–Crippen LogP) is 4.14. The molecule has 2 aromatic rings. The van der Waals surface area contributed by atoms with Crippen LogP contribution in [0.2, 0.25) is 5.02 Å². The van der Waals surface area contributed by atoms with Gasteiger partial charge in [-0.05, 0) is 55.7 Å². The van der Waals surface area contributed by atoms with Crippen molar-refractivity contribution in [3.63, 3.8) is 0 Å². The third kappa shape index (κ3) is 3.76. The minimum Gasteiger partial charge on any atom is -0.380 e. The summed E-state index contributed by atoms with van der Waals surface area (Å²) < 4.78 is 25.7. The van der Waals surface area contributed by atoms with Crippen molar-refractivity contribution in [1.82, 2.24) is 4.90 Å². The van der Waals surface area contributed by atoms with Crippen molar-refractivity contribution in [2.75, 3.05) is 18.4 Å². The predicted molar refractivity (Wildman–Crippen MR) is 115 cm³/mol. The number of nitrogens with one attached hydrogen (secondary N) is 1. The van der Waals surface area contributed by atoms with E-state index in [2.05, 4.69) is 5.32 Å². The molecule has 154 valence electrons. The zero-order valence-corrected chi connectivity index (χ0v) is 17.8. The number of nitrogens with zero attached hydrogens (tertiary/aromatic N) is 1. The van der Waals surface area contributed by atoms with E-state index in [1.165, 1.54) is 12.1 Å². The minimum atomic E-state index is -3.80. The highest BCUT2D eigenvalue weighted by Crippen LogP contribution is 2.42. The molecule has 0 bridgehead atoms. The molecule has 1 aliphatic heterocycles. The number of likely N-dealkylation sites (tertiary alicyclic amines) is 1. The van der Waals surface area contributed by atoms with Crippen molar-refractivity contribution in [2.45, 2.75) is 47.8 Å². The normalized spacial score (nSPS) is 21.3. The van der Waals surface area contributed by atoms with Crippen LogP contribution in [0.25, 0.3) is 0 Å². The van der Waals surface area contributed by atoms with E-state index in [-0.39, 0.29) is 16.8 Å². The molecule has 5 nitrogen and oxygen atoms in total. The van der Waals surface area contributed by atoms with Crippen LogP contribution < -0.4 is 5.32 Å². The van der Waals surface area contributed by atoms with Gasteiger partial charge in [-0.2, -0.15) is 0 Å². The Morgan fingerprint density at radius 2 is 1.69 bits per heavy atom. The van der Waals surface area contributed by atoms with Gasteiger partial charge >= 0.3 is 0 Å². The second kappa shape index (κ2) is 8.00. The fourth-order valence-electron chi connectivity index (χ4n) is 4.50. The monoisotopic (exact) mass is 432 g/mol. The van der Waals surface area contributed by atoms with E-state index >= 15 is 0 Å². The van der Waals surface area contributed by atoms with Gasteiger partial charge in [-0.15, -0.1) is 0 Å². The molecule has 0 spiro atoms. The lowest BCUT2D eigenvalue weighted by molar-refractivity contribution is -0.132. The van der Waals surface area contributed by atoms with Gasteiger partial charge in [-0.25, -0.2) is 8.42 Å². The lowest BCUT2D eigenvalue weighted by atomic mass is 10.1. The van der Waals surface area contributed by atoms with Gasteiger partial charge in [-0.3, -0.25) is 4.79 Å². The third-order valence-corrected chi connectivity index (χ3v) is 8.82. The lowest BCUT2D eigenvalue weighted by Crippen LogP contribution is -2.52. The number of sulfone groups is 1. The summed E-state index contributed by atoms with van der Waals surface area (Å²) in [7, 11) is -3.80. The van der Waals surface area contributed by atoms with Crippen molar-refractivity contribution < 1.29 is 13.2 Å². The molecule has 4 rings (SSSR count). The average Bonchev–Trinajstić information content (AvgIpc) is 3.39. The summed E-state index contributed by atoms with van der Waals surface area (Å²) in [5.74, 6) is -0.248. The molecule has 7 heteroatoms. The van der Waals surface area contributed by atoms with Crippen LogP contribution in [0.15, 0.2) is 59.5 Å². The average molecular weight is 433 g/mol. The summed E-state index contributed by atoms with van der Waals surface area (Å²) in [4.78, 5) is 15.5. The maximum Gasteiger partial charge on any atom is 0.244 e. The van der Waals surface area contributed by atoms with Crippen molar-refractivity contribution in [3.05, 3.63) is 59.6 Å². The topological polar surface area (TPSA) is 66.5 Å². The van der Waals surface area contributed by atoms with E-state index in [0.29, 0.717) is 31.0 Å². The summed E-state index contributed by atoms with van der Waals surface area (Å²) in [6.45, 7) is 1.09. The van der Waals surface area contributed by atoms with Gasteiger partial charge in [0, 0.05) is 29.8 Å². The molecule has 1 saturated carbocycles. The summed E-state index contributed by atoms with van der Waals surface area (Å²) in [5.41, 5.74) is 1.01. The van der Waals surface area contributed by atoms with Crippen LogP contribution >= 0.6 is 11.6 Å². The summed E-state index contributed by atoms with van der Waals surface area (Å²) in [5, 5.41) is 3.92. The molecular weight excluding hydrogens is 408 g/mol. The molecule has 1 atom stereocenters. The van der Waals surface area contributed by atoms with Gasteiger partial charge < -0.3 is 10.2 Å². The Kier molecular flexibility index (Phi) is 5.58. The number of anilines is 1. The summed E-state index contributed by atoms with van der Waals surface area (Å²) >= 11 is 5.93. The van der Waals surface area contributed by atoms with Crippen LogP contribution in [-0.4, -0.2) is 43.1 Å². The molecule has 29 heavy (non-hydrogen) atoms.